The van der Waals surface area contributed by atoms with Gasteiger partial charge >= 0.3 is 5.97 Å². The number of aromatic nitrogens is 3. The Morgan fingerprint density at radius 1 is 1.53 bits per heavy atom. The van der Waals surface area contributed by atoms with Crippen molar-refractivity contribution >= 4 is 17.7 Å². The van der Waals surface area contributed by atoms with Gasteiger partial charge in [-0.05, 0) is 0 Å². The van der Waals surface area contributed by atoms with Gasteiger partial charge in [0.05, 0.1) is 0 Å². The van der Waals surface area contributed by atoms with Crippen LogP contribution in [0.1, 0.15) is 0 Å². The summed E-state index contributed by atoms with van der Waals surface area (Å²) < 4.78 is 5.16. The van der Waals surface area contributed by atoms with Crippen LogP contribution in [0.25, 0.3) is 11.5 Å². The number of carboxylic acid groups (broad SMARTS) is 1. The van der Waals surface area contributed by atoms with E-state index in [-0.39, 0.29) is 27.9 Å². The van der Waals surface area contributed by atoms with Crippen molar-refractivity contribution in [1.82, 2.24) is 15.2 Å². The summed E-state index contributed by atoms with van der Waals surface area (Å²) >= 11 is 0.898. The monoisotopic (exact) mass is 253 g/mol. The molecule has 2 aromatic heterocycles. The number of nitrogens with zero attached hydrogens (tertiary/aromatic N) is 2. The van der Waals surface area contributed by atoms with E-state index >= 15 is 0 Å². The molecule has 2 aromatic rings. The van der Waals surface area contributed by atoms with Gasteiger partial charge < -0.3 is 14.5 Å². The predicted molar refractivity (Wildman–Crippen MR) is 58.7 cm³/mol. The predicted octanol–water partition coefficient (Wildman–Crippen LogP) is 0.602. The lowest BCUT2D eigenvalue weighted by molar-refractivity contribution is -0.133. The largest absolute Gasteiger partial charge is 0.481 e. The van der Waals surface area contributed by atoms with Crippen LogP contribution in [-0.2, 0) is 4.79 Å². The molecule has 0 amide bonds. The van der Waals surface area contributed by atoms with Gasteiger partial charge in [-0.25, -0.2) is 0 Å². The van der Waals surface area contributed by atoms with Crippen molar-refractivity contribution in [3.63, 3.8) is 0 Å². The zero-order valence-corrected chi connectivity index (χ0v) is 9.23. The Morgan fingerprint density at radius 2 is 2.35 bits per heavy atom. The van der Waals surface area contributed by atoms with Gasteiger partial charge in [-0.1, -0.05) is 11.8 Å². The van der Waals surface area contributed by atoms with Crippen LogP contribution in [-0.4, -0.2) is 32.0 Å². The number of aromatic amines is 1. The zero-order valence-electron chi connectivity index (χ0n) is 8.41. The fourth-order valence-corrected chi connectivity index (χ4v) is 1.57. The summed E-state index contributed by atoms with van der Waals surface area (Å²) in [5.74, 6) is -1.08. The maximum absolute atomic E-state index is 11.4. The summed E-state index contributed by atoms with van der Waals surface area (Å²) in [4.78, 5) is 24.5. The molecule has 0 fully saturated rings. The van der Waals surface area contributed by atoms with Crippen molar-refractivity contribution in [2.24, 2.45) is 0 Å². The molecule has 0 radical (unpaired) electrons. The molecule has 88 valence electrons. The van der Waals surface area contributed by atoms with Gasteiger partial charge in [0.15, 0.2) is 5.43 Å². The fourth-order valence-electron chi connectivity index (χ4n) is 1.08. The molecule has 0 aliphatic heterocycles. The van der Waals surface area contributed by atoms with Crippen LogP contribution in [0.2, 0.25) is 0 Å². The van der Waals surface area contributed by atoms with Crippen LogP contribution in [0.4, 0.5) is 0 Å². The van der Waals surface area contributed by atoms with E-state index < -0.39 is 5.97 Å². The van der Waals surface area contributed by atoms with Crippen molar-refractivity contribution < 1.29 is 14.3 Å². The number of pyridine rings is 1. The third-order valence-corrected chi connectivity index (χ3v) is 2.58. The van der Waals surface area contributed by atoms with E-state index in [1.807, 2.05) is 0 Å². The molecule has 2 rings (SSSR count). The van der Waals surface area contributed by atoms with Crippen LogP contribution in [0, 0.1) is 0 Å². The molecule has 17 heavy (non-hydrogen) atoms. The molecule has 0 unspecified atom stereocenters. The maximum Gasteiger partial charge on any atom is 0.314 e. The van der Waals surface area contributed by atoms with Gasteiger partial charge in [0.2, 0.25) is 0 Å². The number of hydrogen-bond donors (Lipinski definition) is 2. The highest BCUT2D eigenvalue weighted by Gasteiger charge is 2.12. The van der Waals surface area contributed by atoms with E-state index in [4.69, 9.17) is 9.52 Å². The summed E-state index contributed by atoms with van der Waals surface area (Å²) in [6.45, 7) is 0. The Hall–Kier alpha value is -2.09. The first kappa shape index (κ1) is 11.4. The van der Waals surface area contributed by atoms with Crippen LogP contribution in [0.5, 0.6) is 0 Å². The van der Waals surface area contributed by atoms with E-state index in [1.54, 1.807) is 0 Å². The molecule has 0 spiro atoms. The zero-order chi connectivity index (χ0) is 12.3. The first-order valence-electron chi connectivity index (χ1n) is 4.52. The molecule has 0 aliphatic carbocycles. The summed E-state index contributed by atoms with van der Waals surface area (Å²) in [7, 11) is 0. The fraction of sp³-hybridized carbons (Fsp3) is 0.111. The van der Waals surface area contributed by atoms with Gasteiger partial charge in [-0.15, -0.1) is 10.2 Å². The smallest absolute Gasteiger partial charge is 0.314 e. The average Bonchev–Trinajstić information content (AvgIpc) is 2.75. The molecule has 0 saturated carbocycles. The lowest BCUT2D eigenvalue weighted by Gasteiger charge is -1.91. The van der Waals surface area contributed by atoms with Gasteiger partial charge in [-0.3, -0.25) is 9.59 Å². The first-order chi connectivity index (χ1) is 8.16. The molecule has 2 N–H and O–H groups in total. The number of hydrogen-bond acceptors (Lipinski definition) is 6. The van der Waals surface area contributed by atoms with Gasteiger partial charge in [0.1, 0.15) is 11.3 Å². The number of carboxylic acids is 1. The maximum atomic E-state index is 11.4. The Morgan fingerprint density at radius 3 is 3.06 bits per heavy atom. The van der Waals surface area contributed by atoms with Crippen LogP contribution in [0.3, 0.4) is 0 Å². The first-order valence-corrected chi connectivity index (χ1v) is 5.51. The molecule has 0 atom stereocenters. The highest BCUT2D eigenvalue weighted by atomic mass is 32.2. The Kier molecular flexibility index (Phi) is 3.24. The molecule has 8 heteroatoms. The molecular formula is C9H7N3O4S. The van der Waals surface area contributed by atoms with Crippen LogP contribution >= 0.6 is 11.8 Å². The second-order valence-corrected chi connectivity index (χ2v) is 3.90. The van der Waals surface area contributed by atoms with Crippen molar-refractivity contribution in [3.05, 3.63) is 28.7 Å². The summed E-state index contributed by atoms with van der Waals surface area (Å²) in [5, 5.41) is 15.9. The summed E-state index contributed by atoms with van der Waals surface area (Å²) in [5.41, 5.74) is 0.00404. The highest BCUT2D eigenvalue weighted by Crippen LogP contribution is 2.20. The van der Waals surface area contributed by atoms with E-state index in [0.717, 1.165) is 11.8 Å². The number of thioether (sulfide) groups is 1. The molecule has 7 nitrogen and oxygen atoms in total. The Bertz CT molecular complexity index is 592. The quantitative estimate of drug-likeness (QED) is 0.768. The Balaban J connectivity index is 2.21. The molecule has 0 bridgehead atoms. The molecule has 0 aromatic carbocycles. The normalized spacial score (nSPS) is 10.4. The summed E-state index contributed by atoms with van der Waals surface area (Å²) in [6, 6.07) is 1.34. The van der Waals surface area contributed by atoms with Gasteiger partial charge in [0, 0.05) is 18.5 Å². The molecule has 0 aliphatic rings. The van der Waals surface area contributed by atoms with E-state index in [1.165, 1.54) is 18.5 Å². The third kappa shape index (κ3) is 2.72. The Labute approximate surface area is 98.9 Å². The SMILES string of the molecule is O=C(O)CSc1nnc(-c2c[nH]ccc2=O)o1. The van der Waals surface area contributed by atoms with Crippen molar-refractivity contribution in [2.75, 3.05) is 5.75 Å². The standard InChI is InChI=1S/C9H7N3O4S/c13-6-1-2-10-3-5(6)8-11-12-9(16-8)17-4-7(14)15/h1-3H,4H2,(H,10,13)(H,14,15). The topological polar surface area (TPSA) is 109 Å². The van der Waals surface area contributed by atoms with Crippen molar-refractivity contribution in [2.45, 2.75) is 5.22 Å². The molecule has 0 saturated heterocycles. The van der Waals surface area contributed by atoms with E-state index in [9.17, 15) is 9.59 Å². The average molecular weight is 253 g/mol. The number of carbonyl (C=O) groups is 1. The second-order valence-electron chi connectivity index (χ2n) is 2.98. The van der Waals surface area contributed by atoms with Gasteiger partial charge in [-0.2, -0.15) is 0 Å². The number of nitrogens with one attached hydrogen (secondary N) is 1. The van der Waals surface area contributed by atoms with Crippen molar-refractivity contribution in [3.8, 4) is 11.5 Å². The number of rotatable bonds is 4. The highest BCUT2D eigenvalue weighted by molar-refractivity contribution is 7.99. The van der Waals surface area contributed by atoms with Crippen LogP contribution < -0.4 is 5.43 Å². The van der Waals surface area contributed by atoms with Gasteiger partial charge in [0.25, 0.3) is 11.1 Å². The molecule has 2 heterocycles. The second kappa shape index (κ2) is 4.83. The van der Waals surface area contributed by atoms with E-state index in [2.05, 4.69) is 15.2 Å². The lowest BCUT2D eigenvalue weighted by atomic mass is 10.3. The molecular weight excluding hydrogens is 246 g/mol. The number of aliphatic carboxylic acids is 1. The minimum Gasteiger partial charge on any atom is -0.481 e. The lowest BCUT2D eigenvalue weighted by Crippen LogP contribution is -2.02. The number of H-pyrrole nitrogens is 1. The summed E-state index contributed by atoms with van der Waals surface area (Å²) in [6.07, 6.45) is 2.93. The third-order valence-electron chi connectivity index (χ3n) is 1.78. The minimum atomic E-state index is -0.979. The van der Waals surface area contributed by atoms with E-state index in [0.29, 0.717) is 0 Å². The minimum absolute atomic E-state index is 0.0692. The van der Waals surface area contributed by atoms with Crippen molar-refractivity contribution in [1.29, 1.82) is 0 Å². The van der Waals surface area contributed by atoms with Crippen LogP contribution in [0.15, 0.2) is 32.9 Å².